The van der Waals surface area contributed by atoms with Gasteiger partial charge in [-0.05, 0) is 48.4 Å². The highest BCUT2D eigenvalue weighted by Crippen LogP contribution is 2.23. The molecule has 0 atom stereocenters. The van der Waals surface area contributed by atoms with E-state index in [4.69, 9.17) is 27.9 Å². The zero-order valence-corrected chi connectivity index (χ0v) is 15.4. The van der Waals surface area contributed by atoms with Crippen molar-refractivity contribution >= 4 is 40.8 Å². The van der Waals surface area contributed by atoms with Crippen molar-refractivity contribution in [1.29, 1.82) is 0 Å². The van der Waals surface area contributed by atoms with Gasteiger partial charge >= 0.3 is 5.97 Å². The number of esters is 1. The normalized spacial score (nSPS) is 10.4. The summed E-state index contributed by atoms with van der Waals surface area (Å²) >= 11 is 11.8. The Balaban J connectivity index is 1.90. The van der Waals surface area contributed by atoms with E-state index in [9.17, 15) is 9.59 Å². The first-order valence-corrected chi connectivity index (χ1v) is 8.76. The molecule has 2 aromatic rings. The fraction of sp³-hybridized carbons (Fsp3) is 0.263. The number of halogens is 2. The SMILES string of the molecule is CCCCOC(=O)c1ccc(NC(=O)Cc2ccc(Cl)c(Cl)c2)cc1. The van der Waals surface area contributed by atoms with E-state index in [-0.39, 0.29) is 18.3 Å². The Morgan fingerprint density at radius 3 is 2.40 bits per heavy atom. The van der Waals surface area contributed by atoms with Gasteiger partial charge in [-0.1, -0.05) is 42.6 Å². The maximum atomic E-state index is 12.1. The standard InChI is InChI=1S/C19H19Cl2NO3/c1-2-3-10-25-19(24)14-5-7-15(8-6-14)22-18(23)12-13-4-9-16(20)17(21)11-13/h4-9,11H,2-3,10,12H2,1H3,(H,22,23). The second-order valence-electron chi connectivity index (χ2n) is 5.54. The lowest BCUT2D eigenvalue weighted by Gasteiger charge is -2.08. The molecule has 0 bridgehead atoms. The Bertz CT molecular complexity index is 745. The summed E-state index contributed by atoms with van der Waals surface area (Å²) in [6.07, 6.45) is 1.99. The second kappa shape index (κ2) is 9.44. The molecule has 1 amide bonds. The van der Waals surface area contributed by atoms with Gasteiger partial charge in [-0.2, -0.15) is 0 Å². The van der Waals surface area contributed by atoms with Gasteiger partial charge < -0.3 is 10.1 Å². The lowest BCUT2D eigenvalue weighted by molar-refractivity contribution is -0.115. The van der Waals surface area contributed by atoms with E-state index in [0.717, 1.165) is 18.4 Å². The second-order valence-corrected chi connectivity index (χ2v) is 6.35. The van der Waals surface area contributed by atoms with Gasteiger partial charge in [0.1, 0.15) is 0 Å². The van der Waals surface area contributed by atoms with Crippen LogP contribution in [0.5, 0.6) is 0 Å². The number of hydrogen-bond acceptors (Lipinski definition) is 3. The summed E-state index contributed by atoms with van der Waals surface area (Å²) in [5.41, 5.74) is 1.83. The predicted molar refractivity (Wildman–Crippen MR) is 100 cm³/mol. The average Bonchev–Trinajstić information content (AvgIpc) is 2.59. The molecule has 4 nitrogen and oxygen atoms in total. The first-order valence-electron chi connectivity index (χ1n) is 8.00. The minimum atomic E-state index is -0.359. The first-order chi connectivity index (χ1) is 12.0. The molecule has 0 aliphatic carbocycles. The molecule has 1 N–H and O–H groups in total. The lowest BCUT2D eigenvalue weighted by Crippen LogP contribution is -2.14. The summed E-state index contributed by atoms with van der Waals surface area (Å²) in [6.45, 7) is 2.45. The molecular formula is C19H19Cl2NO3. The van der Waals surface area contributed by atoms with Crippen molar-refractivity contribution in [3.05, 3.63) is 63.6 Å². The summed E-state index contributed by atoms with van der Waals surface area (Å²) in [6, 6.07) is 11.7. The van der Waals surface area contributed by atoms with Crippen LogP contribution in [0.2, 0.25) is 10.0 Å². The lowest BCUT2D eigenvalue weighted by atomic mass is 10.1. The van der Waals surface area contributed by atoms with Gasteiger partial charge in [-0.25, -0.2) is 4.79 Å². The van der Waals surface area contributed by atoms with Gasteiger partial charge in [0.2, 0.25) is 5.91 Å². The van der Waals surface area contributed by atoms with Crippen molar-refractivity contribution in [2.45, 2.75) is 26.2 Å². The van der Waals surface area contributed by atoms with E-state index < -0.39 is 0 Å². The van der Waals surface area contributed by atoms with E-state index in [0.29, 0.717) is 27.9 Å². The molecule has 6 heteroatoms. The molecule has 0 aliphatic heterocycles. The predicted octanol–water partition coefficient (Wildman–Crippen LogP) is 5.13. The van der Waals surface area contributed by atoms with Gasteiger partial charge in [0.25, 0.3) is 0 Å². The number of unbranched alkanes of at least 4 members (excludes halogenated alkanes) is 1. The van der Waals surface area contributed by atoms with Crippen LogP contribution < -0.4 is 5.32 Å². The monoisotopic (exact) mass is 379 g/mol. The van der Waals surface area contributed by atoms with Crippen LogP contribution in [0.15, 0.2) is 42.5 Å². The largest absolute Gasteiger partial charge is 0.462 e. The number of carbonyl (C=O) groups is 2. The number of rotatable bonds is 7. The number of ether oxygens (including phenoxy) is 1. The Hall–Kier alpha value is -2.04. The molecule has 25 heavy (non-hydrogen) atoms. The van der Waals surface area contributed by atoms with E-state index in [1.54, 1.807) is 42.5 Å². The molecule has 0 unspecified atom stereocenters. The third-order valence-electron chi connectivity index (χ3n) is 3.48. The highest BCUT2D eigenvalue weighted by molar-refractivity contribution is 6.42. The van der Waals surface area contributed by atoms with Crippen LogP contribution in [0, 0.1) is 0 Å². The third-order valence-corrected chi connectivity index (χ3v) is 4.22. The average molecular weight is 380 g/mol. The summed E-state index contributed by atoms with van der Waals surface area (Å²) in [7, 11) is 0. The minimum absolute atomic E-state index is 0.178. The summed E-state index contributed by atoms with van der Waals surface area (Å²) < 4.78 is 5.14. The molecule has 0 saturated heterocycles. The fourth-order valence-electron chi connectivity index (χ4n) is 2.12. The first kappa shape index (κ1) is 19.3. The highest BCUT2D eigenvalue weighted by atomic mass is 35.5. The maximum Gasteiger partial charge on any atom is 0.338 e. The topological polar surface area (TPSA) is 55.4 Å². The Kier molecular flexibility index (Phi) is 7.29. The van der Waals surface area contributed by atoms with Gasteiger partial charge in [-0.15, -0.1) is 0 Å². The highest BCUT2D eigenvalue weighted by Gasteiger charge is 2.09. The van der Waals surface area contributed by atoms with Crippen LogP contribution in [0.1, 0.15) is 35.7 Å². The molecule has 0 aliphatic rings. The smallest absolute Gasteiger partial charge is 0.338 e. The summed E-state index contributed by atoms with van der Waals surface area (Å²) in [5.74, 6) is -0.543. The van der Waals surface area contributed by atoms with Crippen LogP contribution in [0.4, 0.5) is 5.69 Å². The molecule has 0 fully saturated rings. The third kappa shape index (κ3) is 6.07. The minimum Gasteiger partial charge on any atom is -0.462 e. The number of hydrogen-bond donors (Lipinski definition) is 1. The zero-order valence-electron chi connectivity index (χ0n) is 13.9. The van der Waals surface area contributed by atoms with Gasteiger partial charge in [-0.3, -0.25) is 4.79 Å². The van der Waals surface area contributed by atoms with Crippen LogP contribution in [0.3, 0.4) is 0 Å². The molecule has 2 rings (SSSR count). The number of benzene rings is 2. The molecular weight excluding hydrogens is 361 g/mol. The molecule has 132 valence electrons. The Labute approximate surface area is 157 Å². The van der Waals surface area contributed by atoms with E-state index in [1.165, 1.54) is 0 Å². The quantitative estimate of drug-likeness (QED) is 0.535. The van der Waals surface area contributed by atoms with Crippen molar-refractivity contribution in [3.8, 4) is 0 Å². The Morgan fingerprint density at radius 1 is 1.04 bits per heavy atom. The van der Waals surface area contributed by atoms with Gasteiger partial charge in [0, 0.05) is 5.69 Å². The van der Waals surface area contributed by atoms with Gasteiger partial charge in [0.15, 0.2) is 0 Å². The van der Waals surface area contributed by atoms with E-state index in [2.05, 4.69) is 5.32 Å². The van der Waals surface area contributed by atoms with Crippen LogP contribution in [0.25, 0.3) is 0 Å². The number of nitrogens with one attached hydrogen (secondary N) is 1. The van der Waals surface area contributed by atoms with E-state index in [1.807, 2.05) is 6.92 Å². The van der Waals surface area contributed by atoms with Gasteiger partial charge in [0.05, 0.1) is 28.6 Å². The molecule has 0 heterocycles. The molecule has 0 saturated carbocycles. The number of anilines is 1. The Morgan fingerprint density at radius 2 is 1.76 bits per heavy atom. The van der Waals surface area contributed by atoms with Crippen molar-refractivity contribution in [1.82, 2.24) is 0 Å². The molecule has 0 radical (unpaired) electrons. The molecule has 0 spiro atoms. The zero-order chi connectivity index (χ0) is 18.2. The van der Waals surface area contributed by atoms with Crippen molar-refractivity contribution in [3.63, 3.8) is 0 Å². The number of carbonyl (C=O) groups excluding carboxylic acids is 2. The summed E-state index contributed by atoms with van der Waals surface area (Å²) in [4.78, 5) is 23.9. The maximum absolute atomic E-state index is 12.1. The van der Waals surface area contributed by atoms with Crippen molar-refractivity contribution in [2.24, 2.45) is 0 Å². The van der Waals surface area contributed by atoms with Crippen LogP contribution >= 0.6 is 23.2 Å². The van der Waals surface area contributed by atoms with Crippen molar-refractivity contribution in [2.75, 3.05) is 11.9 Å². The van der Waals surface area contributed by atoms with Crippen LogP contribution in [-0.2, 0) is 16.0 Å². The van der Waals surface area contributed by atoms with E-state index >= 15 is 0 Å². The fourth-order valence-corrected chi connectivity index (χ4v) is 2.44. The summed E-state index contributed by atoms with van der Waals surface area (Å²) in [5, 5.41) is 3.64. The van der Waals surface area contributed by atoms with Crippen molar-refractivity contribution < 1.29 is 14.3 Å². The molecule has 2 aromatic carbocycles. The molecule has 0 aromatic heterocycles. The number of amides is 1. The van der Waals surface area contributed by atoms with Crippen LogP contribution in [-0.4, -0.2) is 18.5 Å².